The molecule has 5 nitrogen and oxygen atoms in total. The van der Waals surface area contributed by atoms with Gasteiger partial charge in [-0.2, -0.15) is 5.26 Å². The zero-order chi connectivity index (χ0) is 17.6. The highest BCUT2D eigenvalue weighted by molar-refractivity contribution is 5.88. The van der Waals surface area contributed by atoms with Gasteiger partial charge in [-0.25, -0.2) is 9.36 Å². The first kappa shape index (κ1) is 18.4. The van der Waals surface area contributed by atoms with Crippen molar-refractivity contribution >= 4 is 11.0 Å². The number of nitrogens with zero attached hydrogens (tertiary/aromatic N) is 2. The van der Waals surface area contributed by atoms with Crippen molar-refractivity contribution in [1.29, 1.82) is 5.26 Å². The van der Waals surface area contributed by atoms with Crippen molar-refractivity contribution in [2.75, 3.05) is 6.61 Å². The van der Waals surface area contributed by atoms with E-state index in [1.807, 2.05) is 49.7 Å². The number of halogens is 1. The van der Waals surface area contributed by atoms with Gasteiger partial charge in [0.2, 0.25) is 0 Å². The summed E-state index contributed by atoms with van der Waals surface area (Å²) in [6.07, 6.45) is 4.06. The molecule has 1 aliphatic rings. The fourth-order valence-electron chi connectivity index (χ4n) is 3.51. The molecule has 0 bridgehead atoms. The van der Waals surface area contributed by atoms with E-state index in [0.717, 1.165) is 28.8 Å². The summed E-state index contributed by atoms with van der Waals surface area (Å²) in [5.74, 6) is 1.00. The maximum absolute atomic E-state index is 12.0. The quantitative estimate of drug-likeness (QED) is 0.301. The molecule has 0 saturated carbocycles. The van der Waals surface area contributed by atoms with Crippen LogP contribution in [0.3, 0.4) is 0 Å². The molecule has 132 valence electrons. The van der Waals surface area contributed by atoms with Crippen molar-refractivity contribution in [1.82, 2.24) is 0 Å². The minimum Gasteiger partial charge on any atom is -1.00 e. The van der Waals surface area contributed by atoms with Crippen LogP contribution >= 0.6 is 0 Å². The maximum atomic E-state index is 12.0. The minimum atomic E-state index is -0.593. The Morgan fingerprint density at radius 2 is 1.96 bits per heavy atom. The van der Waals surface area contributed by atoms with Gasteiger partial charge >= 0.3 is 5.63 Å². The molecule has 0 amide bonds. The second-order valence-corrected chi connectivity index (χ2v) is 6.38. The van der Waals surface area contributed by atoms with Gasteiger partial charge in [-0.05, 0) is 25.5 Å². The third kappa shape index (κ3) is 2.86. The van der Waals surface area contributed by atoms with Crippen LogP contribution in [0.15, 0.2) is 45.9 Å². The second kappa shape index (κ2) is 7.08. The molecule has 0 aliphatic carbocycles. The van der Waals surface area contributed by atoms with Crippen LogP contribution in [0.5, 0.6) is 5.75 Å². The Hall–Kier alpha value is -2.40. The highest BCUT2D eigenvalue weighted by atomic mass is 127. The lowest BCUT2D eigenvalue weighted by Crippen LogP contribution is -3.00. The van der Waals surface area contributed by atoms with Gasteiger partial charge in [0.05, 0.1) is 5.92 Å². The lowest BCUT2D eigenvalue weighted by atomic mass is 9.94. The van der Waals surface area contributed by atoms with Crippen molar-refractivity contribution in [3.05, 3.63) is 69.3 Å². The van der Waals surface area contributed by atoms with E-state index in [0.29, 0.717) is 17.8 Å². The van der Waals surface area contributed by atoms with E-state index in [2.05, 4.69) is 4.57 Å². The van der Waals surface area contributed by atoms with Gasteiger partial charge in [-0.15, -0.1) is 0 Å². The normalized spacial score (nSPS) is 15.0. The van der Waals surface area contributed by atoms with E-state index < -0.39 is 5.63 Å². The summed E-state index contributed by atoms with van der Waals surface area (Å²) in [6.45, 7) is 5.08. The topological polar surface area (TPSA) is 67.1 Å². The SMILES string of the molecule is Cc1c(C#N)c(=O)oc2c(C)c3c(cc12)C(C[n+]1ccccc1)CO3.[I-]. The predicted octanol–water partition coefficient (Wildman–Crippen LogP) is -0.251. The number of hydrogen-bond donors (Lipinski definition) is 0. The van der Waals surface area contributed by atoms with Crippen molar-refractivity contribution in [3.63, 3.8) is 0 Å². The summed E-state index contributed by atoms with van der Waals surface area (Å²) in [4.78, 5) is 12.0. The second-order valence-electron chi connectivity index (χ2n) is 6.38. The molecule has 0 radical (unpaired) electrons. The number of rotatable bonds is 2. The van der Waals surface area contributed by atoms with Crippen LogP contribution in [0.25, 0.3) is 11.0 Å². The fraction of sp³-hybridized carbons (Fsp3) is 0.250. The molecule has 1 aromatic carbocycles. The predicted molar refractivity (Wildman–Crippen MR) is 91.5 cm³/mol. The van der Waals surface area contributed by atoms with Gasteiger partial charge in [-0.3, -0.25) is 0 Å². The van der Waals surface area contributed by atoms with Gasteiger partial charge in [0, 0.05) is 28.6 Å². The Labute approximate surface area is 167 Å². The van der Waals surface area contributed by atoms with E-state index in [-0.39, 0.29) is 35.5 Å². The smallest absolute Gasteiger partial charge is 0.354 e. The van der Waals surface area contributed by atoms with Crippen LogP contribution in [-0.2, 0) is 6.54 Å². The van der Waals surface area contributed by atoms with Crippen molar-refractivity contribution in [2.24, 2.45) is 0 Å². The van der Waals surface area contributed by atoms with Crippen LogP contribution in [0.2, 0.25) is 0 Å². The first-order valence-corrected chi connectivity index (χ1v) is 8.18. The van der Waals surface area contributed by atoms with Crippen molar-refractivity contribution in [2.45, 2.75) is 26.3 Å². The molecule has 26 heavy (non-hydrogen) atoms. The Morgan fingerprint density at radius 1 is 1.23 bits per heavy atom. The number of benzene rings is 1. The standard InChI is InChI=1S/C20H17N2O3.HI/c1-12-15-8-16-14(10-22-6-4-3-5-7-22)11-24-18(16)13(2)19(15)25-20(23)17(12)9-21;/h3-8,14H,10-11H2,1-2H3;1H/q+1;/p-1. The molecule has 1 unspecified atom stereocenters. The van der Waals surface area contributed by atoms with Crippen LogP contribution in [0, 0.1) is 25.2 Å². The van der Waals surface area contributed by atoms with Gasteiger partial charge < -0.3 is 33.1 Å². The van der Waals surface area contributed by atoms with Gasteiger partial charge in [0.25, 0.3) is 0 Å². The van der Waals surface area contributed by atoms with Crippen LogP contribution < -0.4 is 38.9 Å². The van der Waals surface area contributed by atoms with Gasteiger partial charge in [-0.1, -0.05) is 6.07 Å². The Kier molecular flexibility index (Phi) is 5.01. The van der Waals surface area contributed by atoms with Crippen molar-refractivity contribution in [3.8, 4) is 11.8 Å². The van der Waals surface area contributed by atoms with Crippen LogP contribution in [0.4, 0.5) is 0 Å². The average molecular weight is 460 g/mol. The van der Waals surface area contributed by atoms with Crippen LogP contribution in [0.1, 0.15) is 28.2 Å². The number of aryl methyl sites for hydroxylation is 2. The largest absolute Gasteiger partial charge is 1.00 e. The number of fused-ring (bicyclic) bond motifs is 2. The Morgan fingerprint density at radius 3 is 2.65 bits per heavy atom. The first-order chi connectivity index (χ1) is 12.1. The molecule has 0 saturated heterocycles. The third-order valence-electron chi connectivity index (χ3n) is 4.85. The van der Waals surface area contributed by atoms with E-state index in [9.17, 15) is 10.1 Å². The lowest BCUT2D eigenvalue weighted by molar-refractivity contribution is -0.699. The molecule has 3 heterocycles. The molecule has 0 N–H and O–H groups in total. The van der Waals surface area contributed by atoms with Gasteiger partial charge in [0.15, 0.2) is 18.9 Å². The van der Waals surface area contributed by atoms with Crippen LogP contribution in [-0.4, -0.2) is 6.61 Å². The number of ether oxygens (including phenoxy) is 1. The zero-order valence-corrected chi connectivity index (χ0v) is 16.6. The third-order valence-corrected chi connectivity index (χ3v) is 4.85. The minimum absolute atomic E-state index is 0. The number of hydrogen-bond acceptors (Lipinski definition) is 4. The van der Waals surface area contributed by atoms with E-state index in [4.69, 9.17) is 9.15 Å². The average Bonchev–Trinajstić information content (AvgIpc) is 3.01. The lowest BCUT2D eigenvalue weighted by Gasteiger charge is -2.11. The number of aromatic nitrogens is 1. The summed E-state index contributed by atoms with van der Waals surface area (Å²) in [5.41, 5.74) is 2.57. The van der Waals surface area contributed by atoms with Gasteiger partial charge in [0.1, 0.15) is 29.6 Å². The molecule has 3 aromatic rings. The molecule has 6 heteroatoms. The van der Waals surface area contributed by atoms with Crippen molar-refractivity contribution < 1.29 is 37.7 Å². The zero-order valence-electron chi connectivity index (χ0n) is 14.5. The van der Waals surface area contributed by atoms with E-state index in [1.54, 1.807) is 6.92 Å². The molecule has 1 aliphatic heterocycles. The molecule has 0 spiro atoms. The summed E-state index contributed by atoms with van der Waals surface area (Å²) >= 11 is 0. The summed E-state index contributed by atoms with van der Waals surface area (Å²) in [7, 11) is 0. The Bertz CT molecular complexity index is 1080. The Balaban J connectivity index is 0.00000196. The fourth-order valence-corrected chi connectivity index (χ4v) is 3.51. The number of pyridine rings is 1. The molecule has 2 aromatic heterocycles. The summed E-state index contributed by atoms with van der Waals surface area (Å²) < 4.78 is 13.5. The first-order valence-electron chi connectivity index (χ1n) is 8.18. The van der Waals surface area contributed by atoms with E-state index >= 15 is 0 Å². The summed E-state index contributed by atoms with van der Waals surface area (Å²) in [5, 5.41) is 10.0. The molecular formula is C20H17IN2O3. The maximum Gasteiger partial charge on any atom is 0.354 e. The molecular weight excluding hydrogens is 443 g/mol. The highest BCUT2D eigenvalue weighted by Gasteiger charge is 2.31. The monoisotopic (exact) mass is 460 g/mol. The molecule has 0 fully saturated rings. The summed E-state index contributed by atoms with van der Waals surface area (Å²) in [6, 6.07) is 9.95. The molecule has 1 atom stereocenters. The molecule has 4 rings (SSSR count). The highest BCUT2D eigenvalue weighted by Crippen LogP contribution is 2.41. The number of nitriles is 1. The van der Waals surface area contributed by atoms with E-state index in [1.165, 1.54) is 0 Å².